The zero-order chi connectivity index (χ0) is 14.0. The molecule has 98 valence electrons. The Labute approximate surface area is 106 Å². The molecule has 0 N–H and O–H groups in total. The maximum absolute atomic E-state index is 12.6. The molecular weight excluding hydrogens is 257 g/mol. The summed E-state index contributed by atoms with van der Waals surface area (Å²) in [5.41, 5.74) is -0.916. The van der Waals surface area contributed by atoms with Crippen molar-refractivity contribution in [3.63, 3.8) is 0 Å². The van der Waals surface area contributed by atoms with Gasteiger partial charge in [0.05, 0.1) is 23.6 Å². The molecule has 1 aromatic carbocycles. The van der Waals surface area contributed by atoms with Gasteiger partial charge in [-0.1, -0.05) is 0 Å². The molecule has 0 aliphatic carbocycles. The van der Waals surface area contributed by atoms with Crippen LogP contribution in [0.4, 0.5) is 13.2 Å². The number of halogens is 3. The van der Waals surface area contributed by atoms with Crippen molar-refractivity contribution in [2.24, 2.45) is 0 Å². The van der Waals surface area contributed by atoms with Crippen molar-refractivity contribution >= 4 is 10.9 Å². The van der Waals surface area contributed by atoms with Crippen molar-refractivity contribution in [3.8, 4) is 6.07 Å². The molecule has 2 aromatic rings. The number of hydrogen-bond acceptors (Lipinski definition) is 2. The summed E-state index contributed by atoms with van der Waals surface area (Å²) in [6.45, 7) is 0.332. The lowest BCUT2D eigenvalue weighted by molar-refractivity contribution is -0.137. The van der Waals surface area contributed by atoms with Crippen LogP contribution < -0.4 is 5.43 Å². The minimum atomic E-state index is -4.48. The smallest absolute Gasteiger partial charge is 0.346 e. The molecule has 1 aromatic heterocycles. The van der Waals surface area contributed by atoms with Gasteiger partial charge in [0.2, 0.25) is 0 Å². The number of fused-ring (bicyclic) bond motifs is 1. The van der Waals surface area contributed by atoms with Crippen LogP contribution in [0.25, 0.3) is 10.9 Å². The molecule has 0 spiro atoms. The Morgan fingerprint density at radius 2 is 2.00 bits per heavy atom. The molecule has 0 radical (unpaired) electrons. The molecule has 0 saturated carbocycles. The van der Waals surface area contributed by atoms with Gasteiger partial charge in [0, 0.05) is 24.2 Å². The summed E-state index contributed by atoms with van der Waals surface area (Å²) in [5.74, 6) is 0. The van der Waals surface area contributed by atoms with Crippen LogP contribution >= 0.6 is 0 Å². The van der Waals surface area contributed by atoms with Gasteiger partial charge in [-0.2, -0.15) is 18.4 Å². The normalized spacial score (nSPS) is 11.5. The Balaban J connectivity index is 2.64. The van der Waals surface area contributed by atoms with Crippen LogP contribution in [0.15, 0.2) is 35.3 Å². The second-order valence-corrected chi connectivity index (χ2v) is 4.01. The first kappa shape index (κ1) is 13.1. The van der Waals surface area contributed by atoms with Crippen LogP contribution in [0.3, 0.4) is 0 Å². The first-order valence-electron chi connectivity index (χ1n) is 5.51. The van der Waals surface area contributed by atoms with E-state index in [0.717, 1.165) is 12.1 Å². The zero-order valence-electron chi connectivity index (χ0n) is 9.74. The third-order valence-electron chi connectivity index (χ3n) is 2.77. The molecule has 2 rings (SSSR count). The average Bonchev–Trinajstić information content (AvgIpc) is 2.37. The molecule has 0 aliphatic rings. The summed E-state index contributed by atoms with van der Waals surface area (Å²) in [7, 11) is 0. The van der Waals surface area contributed by atoms with Gasteiger partial charge in [-0.15, -0.1) is 0 Å². The van der Waals surface area contributed by atoms with Gasteiger partial charge in [0.1, 0.15) is 0 Å². The molecule has 1 heterocycles. The predicted octanol–water partition coefficient (Wildman–Crippen LogP) is 2.93. The van der Waals surface area contributed by atoms with E-state index in [4.69, 9.17) is 5.26 Å². The van der Waals surface area contributed by atoms with E-state index in [0.29, 0.717) is 12.1 Å². The number of aromatic nitrogens is 1. The van der Waals surface area contributed by atoms with Gasteiger partial charge in [-0.25, -0.2) is 0 Å². The molecule has 0 bridgehead atoms. The molecule has 0 amide bonds. The van der Waals surface area contributed by atoms with Crippen LogP contribution in [-0.4, -0.2) is 4.57 Å². The molecule has 0 atom stereocenters. The third-order valence-corrected chi connectivity index (χ3v) is 2.77. The van der Waals surface area contributed by atoms with Crippen LogP contribution in [0.1, 0.15) is 12.0 Å². The number of nitrogens with zero attached hydrogens (tertiary/aromatic N) is 2. The van der Waals surface area contributed by atoms with E-state index >= 15 is 0 Å². The van der Waals surface area contributed by atoms with Crippen molar-refractivity contribution in [3.05, 3.63) is 46.2 Å². The Bertz CT molecular complexity index is 710. The SMILES string of the molecule is N#CCCn1ccc(=O)c2cc(C(F)(F)F)ccc21. The second kappa shape index (κ2) is 4.76. The lowest BCUT2D eigenvalue weighted by Gasteiger charge is -2.11. The van der Waals surface area contributed by atoms with E-state index in [9.17, 15) is 18.0 Å². The van der Waals surface area contributed by atoms with Gasteiger partial charge in [0.15, 0.2) is 5.43 Å². The standard InChI is InChI=1S/C13H9F3N2O/c14-13(15,16)9-2-3-11-10(8-9)12(19)4-7-18(11)6-1-5-17/h2-4,7-8H,1,6H2. The monoisotopic (exact) mass is 266 g/mol. The molecular formula is C13H9F3N2O. The second-order valence-electron chi connectivity index (χ2n) is 4.01. The molecule has 0 aliphatic heterocycles. The van der Waals surface area contributed by atoms with E-state index < -0.39 is 17.2 Å². The highest BCUT2D eigenvalue weighted by atomic mass is 19.4. The lowest BCUT2D eigenvalue weighted by atomic mass is 10.1. The van der Waals surface area contributed by atoms with Gasteiger partial charge in [0.25, 0.3) is 0 Å². The highest BCUT2D eigenvalue weighted by Crippen LogP contribution is 2.30. The first-order chi connectivity index (χ1) is 8.93. The topological polar surface area (TPSA) is 45.8 Å². The number of alkyl halides is 3. The number of hydrogen-bond donors (Lipinski definition) is 0. The minimum absolute atomic E-state index is 0.00950. The molecule has 0 fully saturated rings. The van der Waals surface area contributed by atoms with E-state index in [1.807, 2.05) is 6.07 Å². The third kappa shape index (κ3) is 2.60. The maximum atomic E-state index is 12.6. The van der Waals surface area contributed by atoms with Crippen LogP contribution in [0, 0.1) is 11.3 Å². The summed E-state index contributed by atoms with van der Waals surface area (Å²) in [5, 5.41) is 8.54. The highest BCUT2D eigenvalue weighted by molar-refractivity contribution is 5.79. The van der Waals surface area contributed by atoms with Crippen molar-refractivity contribution < 1.29 is 13.2 Å². The molecule has 0 unspecified atom stereocenters. The first-order valence-corrected chi connectivity index (χ1v) is 5.51. The maximum Gasteiger partial charge on any atom is 0.416 e. The number of benzene rings is 1. The van der Waals surface area contributed by atoms with E-state index in [1.54, 1.807) is 4.57 Å². The van der Waals surface area contributed by atoms with Crippen molar-refractivity contribution in [2.75, 3.05) is 0 Å². The lowest BCUT2D eigenvalue weighted by Crippen LogP contribution is -2.11. The number of nitriles is 1. The highest BCUT2D eigenvalue weighted by Gasteiger charge is 2.30. The van der Waals surface area contributed by atoms with E-state index in [-0.39, 0.29) is 11.8 Å². The van der Waals surface area contributed by atoms with Gasteiger partial charge in [-0.3, -0.25) is 4.79 Å². The molecule has 3 nitrogen and oxygen atoms in total. The Hall–Kier alpha value is -2.29. The molecule has 0 saturated heterocycles. The summed E-state index contributed by atoms with van der Waals surface area (Å²) < 4.78 is 39.4. The summed E-state index contributed by atoms with van der Waals surface area (Å²) >= 11 is 0. The fraction of sp³-hybridized carbons (Fsp3) is 0.231. The van der Waals surface area contributed by atoms with Crippen molar-refractivity contribution in [1.29, 1.82) is 5.26 Å². The quantitative estimate of drug-likeness (QED) is 0.839. The fourth-order valence-electron chi connectivity index (χ4n) is 1.85. The van der Waals surface area contributed by atoms with Gasteiger partial charge >= 0.3 is 6.18 Å². The van der Waals surface area contributed by atoms with Crippen LogP contribution in [0.5, 0.6) is 0 Å². The van der Waals surface area contributed by atoms with Crippen LogP contribution in [-0.2, 0) is 12.7 Å². The van der Waals surface area contributed by atoms with Crippen LogP contribution in [0.2, 0.25) is 0 Å². The summed E-state index contributed by atoms with van der Waals surface area (Å²) in [6, 6.07) is 6.20. The fourth-order valence-corrected chi connectivity index (χ4v) is 1.85. The minimum Gasteiger partial charge on any atom is -0.346 e. The van der Waals surface area contributed by atoms with Crippen molar-refractivity contribution in [1.82, 2.24) is 4.57 Å². The van der Waals surface area contributed by atoms with E-state index in [2.05, 4.69) is 0 Å². The Morgan fingerprint density at radius 3 is 2.63 bits per heavy atom. The summed E-state index contributed by atoms with van der Waals surface area (Å²) in [4.78, 5) is 11.6. The predicted molar refractivity (Wildman–Crippen MR) is 63.4 cm³/mol. The van der Waals surface area contributed by atoms with Gasteiger partial charge in [-0.05, 0) is 18.2 Å². The molecule has 6 heteroatoms. The average molecular weight is 266 g/mol. The zero-order valence-corrected chi connectivity index (χ0v) is 9.74. The largest absolute Gasteiger partial charge is 0.416 e. The van der Waals surface area contributed by atoms with E-state index in [1.165, 1.54) is 18.3 Å². The number of pyridine rings is 1. The number of aryl methyl sites for hydroxylation is 1. The number of rotatable bonds is 2. The Morgan fingerprint density at radius 1 is 1.26 bits per heavy atom. The molecule has 19 heavy (non-hydrogen) atoms. The van der Waals surface area contributed by atoms with Gasteiger partial charge < -0.3 is 4.57 Å². The Kier molecular flexibility index (Phi) is 3.30. The summed E-state index contributed by atoms with van der Waals surface area (Å²) in [6.07, 6.45) is -2.78. The van der Waals surface area contributed by atoms with Crippen molar-refractivity contribution in [2.45, 2.75) is 19.1 Å².